The summed E-state index contributed by atoms with van der Waals surface area (Å²) in [6, 6.07) is 8.13. The van der Waals surface area contributed by atoms with Crippen LogP contribution >= 0.6 is 0 Å². The number of nitrogens with one attached hydrogen (secondary N) is 1. The number of carbonyl (C=O) groups is 1. The molecule has 0 saturated heterocycles. The molecule has 19 heavy (non-hydrogen) atoms. The smallest absolute Gasteiger partial charge is 0.226 e. The van der Waals surface area contributed by atoms with Gasteiger partial charge in [-0.1, -0.05) is 33.8 Å². The van der Waals surface area contributed by atoms with Crippen molar-refractivity contribution in [2.45, 2.75) is 34.2 Å². The summed E-state index contributed by atoms with van der Waals surface area (Å²) in [6.07, 6.45) is 2.09. The van der Waals surface area contributed by atoms with Crippen LogP contribution in [0.15, 0.2) is 30.5 Å². The Hall–Kier alpha value is -1.77. The number of nitrogens with zero attached hydrogens (tertiary/aromatic N) is 1. The van der Waals surface area contributed by atoms with E-state index in [0.29, 0.717) is 5.92 Å². The third kappa shape index (κ3) is 2.98. The second-order valence-electron chi connectivity index (χ2n) is 5.74. The van der Waals surface area contributed by atoms with Crippen molar-refractivity contribution in [3.8, 4) is 0 Å². The second kappa shape index (κ2) is 5.47. The van der Waals surface area contributed by atoms with Gasteiger partial charge in [-0.2, -0.15) is 0 Å². The van der Waals surface area contributed by atoms with Crippen LogP contribution in [0.3, 0.4) is 0 Å². The Morgan fingerprint density at radius 2 is 1.95 bits per heavy atom. The second-order valence-corrected chi connectivity index (χ2v) is 5.74. The Labute approximate surface area is 114 Å². The topological polar surface area (TPSA) is 34.0 Å². The van der Waals surface area contributed by atoms with Crippen LogP contribution in [0, 0.1) is 11.8 Å². The number of carbonyl (C=O) groups excluding carboxylic acids is 1. The van der Waals surface area contributed by atoms with Gasteiger partial charge in [0.2, 0.25) is 5.91 Å². The molecule has 0 atom stereocenters. The van der Waals surface area contributed by atoms with Crippen molar-refractivity contribution < 1.29 is 4.79 Å². The molecule has 0 saturated carbocycles. The first-order chi connectivity index (χ1) is 8.99. The minimum Gasteiger partial charge on any atom is -0.347 e. The molecular weight excluding hydrogens is 236 g/mol. The van der Waals surface area contributed by atoms with Crippen LogP contribution < -0.4 is 5.32 Å². The average Bonchev–Trinajstić information content (AvgIpc) is 2.73. The molecule has 1 aromatic heterocycles. The molecule has 0 unspecified atom stereocenters. The molecule has 1 heterocycles. The lowest BCUT2D eigenvalue weighted by Gasteiger charge is -2.11. The maximum atomic E-state index is 11.8. The number of hydrogen-bond acceptors (Lipinski definition) is 1. The monoisotopic (exact) mass is 258 g/mol. The Bertz CT molecular complexity index is 581. The normalized spacial score (nSPS) is 11.5. The number of fused-ring (bicyclic) bond motifs is 1. The summed E-state index contributed by atoms with van der Waals surface area (Å²) in [6.45, 7) is 9.20. The first-order valence-corrected chi connectivity index (χ1v) is 6.87. The fourth-order valence-electron chi connectivity index (χ4n) is 2.16. The third-order valence-corrected chi connectivity index (χ3v) is 3.16. The maximum Gasteiger partial charge on any atom is 0.226 e. The lowest BCUT2D eigenvalue weighted by atomic mass is 10.1. The summed E-state index contributed by atoms with van der Waals surface area (Å²) < 4.78 is 2.24. The van der Waals surface area contributed by atoms with Gasteiger partial charge < -0.3 is 9.88 Å². The molecule has 102 valence electrons. The zero-order chi connectivity index (χ0) is 14.0. The summed E-state index contributed by atoms with van der Waals surface area (Å²) in [5.41, 5.74) is 2.08. The number of rotatable bonds is 4. The Morgan fingerprint density at radius 1 is 1.21 bits per heavy atom. The molecule has 3 nitrogen and oxygen atoms in total. The van der Waals surface area contributed by atoms with Crippen molar-refractivity contribution in [2.75, 3.05) is 5.32 Å². The predicted molar refractivity (Wildman–Crippen MR) is 80.2 cm³/mol. The molecule has 1 aromatic carbocycles. The van der Waals surface area contributed by atoms with E-state index in [1.54, 1.807) is 0 Å². The molecule has 0 aliphatic carbocycles. The van der Waals surface area contributed by atoms with Gasteiger partial charge >= 0.3 is 0 Å². The van der Waals surface area contributed by atoms with E-state index in [1.165, 1.54) is 5.52 Å². The minimum absolute atomic E-state index is 0.00648. The molecule has 0 radical (unpaired) electrons. The predicted octanol–water partition coefficient (Wildman–Crippen LogP) is 3.89. The Balaban J connectivity index is 2.36. The van der Waals surface area contributed by atoms with Crippen LogP contribution in [0.25, 0.3) is 10.9 Å². The van der Waals surface area contributed by atoms with Gasteiger partial charge in [0.05, 0.1) is 11.2 Å². The van der Waals surface area contributed by atoms with E-state index in [1.807, 2.05) is 26.0 Å². The molecule has 1 amide bonds. The molecule has 0 fully saturated rings. The molecule has 0 aliphatic heterocycles. The molecule has 0 bridgehead atoms. The fraction of sp³-hybridized carbons (Fsp3) is 0.438. The largest absolute Gasteiger partial charge is 0.347 e. The molecule has 3 heteroatoms. The van der Waals surface area contributed by atoms with Gasteiger partial charge in [-0.05, 0) is 24.1 Å². The summed E-state index contributed by atoms with van der Waals surface area (Å²) in [5, 5.41) is 4.11. The van der Waals surface area contributed by atoms with Crippen LogP contribution in [-0.2, 0) is 11.3 Å². The van der Waals surface area contributed by atoms with Crippen molar-refractivity contribution in [3.05, 3.63) is 30.5 Å². The quantitative estimate of drug-likeness (QED) is 0.887. The lowest BCUT2D eigenvalue weighted by Crippen LogP contribution is -2.17. The molecule has 2 aromatic rings. The Morgan fingerprint density at radius 3 is 2.58 bits per heavy atom. The highest BCUT2D eigenvalue weighted by Crippen LogP contribution is 2.25. The number of anilines is 1. The maximum absolute atomic E-state index is 11.8. The van der Waals surface area contributed by atoms with Crippen LogP contribution in [-0.4, -0.2) is 10.5 Å². The first-order valence-electron chi connectivity index (χ1n) is 6.87. The Kier molecular flexibility index (Phi) is 3.93. The van der Waals surface area contributed by atoms with E-state index in [-0.39, 0.29) is 11.8 Å². The van der Waals surface area contributed by atoms with Crippen LogP contribution in [0.5, 0.6) is 0 Å². The van der Waals surface area contributed by atoms with Crippen molar-refractivity contribution in [3.63, 3.8) is 0 Å². The van der Waals surface area contributed by atoms with E-state index in [2.05, 4.69) is 42.1 Å². The van der Waals surface area contributed by atoms with Gasteiger partial charge in [0.1, 0.15) is 0 Å². The molecule has 0 spiro atoms. The van der Waals surface area contributed by atoms with E-state index in [4.69, 9.17) is 0 Å². The number of benzene rings is 1. The fourth-order valence-corrected chi connectivity index (χ4v) is 2.16. The van der Waals surface area contributed by atoms with Gasteiger partial charge in [-0.15, -0.1) is 0 Å². The van der Waals surface area contributed by atoms with Crippen molar-refractivity contribution in [1.29, 1.82) is 0 Å². The van der Waals surface area contributed by atoms with E-state index in [9.17, 15) is 4.79 Å². The molecule has 1 N–H and O–H groups in total. The van der Waals surface area contributed by atoms with Gasteiger partial charge in [0, 0.05) is 24.0 Å². The van der Waals surface area contributed by atoms with Gasteiger partial charge in [-0.3, -0.25) is 4.79 Å². The van der Waals surface area contributed by atoms with Gasteiger partial charge in [0.25, 0.3) is 0 Å². The summed E-state index contributed by atoms with van der Waals surface area (Å²) in [7, 11) is 0. The van der Waals surface area contributed by atoms with Gasteiger partial charge in [-0.25, -0.2) is 0 Å². The van der Waals surface area contributed by atoms with E-state index < -0.39 is 0 Å². The zero-order valence-electron chi connectivity index (χ0n) is 12.1. The summed E-state index contributed by atoms with van der Waals surface area (Å²) in [4.78, 5) is 11.8. The minimum atomic E-state index is -0.00648. The lowest BCUT2D eigenvalue weighted by molar-refractivity contribution is -0.118. The highest BCUT2D eigenvalue weighted by Gasteiger charge is 2.11. The van der Waals surface area contributed by atoms with Crippen LogP contribution in [0.1, 0.15) is 27.7 Å². The first kappa shape index (κ1) is 13.7. The standard InChI is InChI=1S/C16H22N2O/c1-11(2)10-18-9-8-13-14(6-5-7-15(13)18)17-16(19)12(3)4/h5-9,11-12H,10H2,1-4H3,(H,17,19). The van der Waals surface area contributed by atoms with Crippen LogP contribution in [0.4, 0.5) is 5.69 Å². The molecule has 2 rings (SSSR count). The summed E-state index contributed by atoms with van der Waals surface area (Å²) >= 11 is 0. The van der Waals surface area contributed by atoms with Crippen molar-refractivity contribution in [1.82, 2.24) is 4.57 Å². The van der Waals surface area contributed by atoms with Crippen molar-refractivity contribution in [2.24, 2.45) is 11.8 Å². The third-order valence-electron chi connectivity index (χ3n) is 3.16. The summed E-state index contributed by atoms with van der Waals surface area (Å²) in [5.74, 6) is 0.654. The van der Waals surface area contributed by atoms with E-state index in [0.717, 1.165) is 17.6 Å². The average molecular weight is 258 g/mol. The number of amides is 1. The van der Waals surface area contributed by atoms with Crippen LogP contribution in [0.2, 0.25) is 0 Å². The zero-order valence-corrected chi connectivity index (χ0v) is 12.1. The van der Waals surface area contributed by atoms with Crippen molar-refractivity contribution >= 4 is 22.5 Å². The number of hydrogen-bond donors (Lipinski definition) is 1. The molecular formula is C16H22N2O. The SMILES string of the molecule is CC(C)Cn1ccc2c(NC(=O)C(C)C)cccc21. The highest BCUT2D eigenvalue weighted by atomic mass is 16.1. The molecule has 0 aliphatic rings. The van der Waals surface area contributed by atoms with E-state index >= 15 is 0 Å². The number of aromatic nitrogens is 1. The highest BCUT2D eigenvalue weighted by molar-refractivity contribution is 6.02. The van der Waals surface area contributed by atoms with Gasteiger partial charge in [0.15, 0.2) is 0 Å².